The Kier molecular flexibility index (Phi) is 6.81. The number of hydrogen-bond donors (Lipinski definition) is 2. The van der Waals surface area contributed by atoms with Crippen LogP contribution in [0.25, 0.3) is 0 Å². The van der Waals surface area contributed by atoms with Crippen molar-refractivity contribution < 1.29 is 14.3 Å². The third kappa shape index (κ3) is 5.73. The fourth-order valence-electron chi connectivity index (χ4n) is 3.31. The number of anilines is 4. The van der Waals surface area contributed by atoms with Gasteiger partial charge in [0.15, 0.2) is 6.10 Å². The lowest BCUT2D eigenvalue weighted by Gasteiger charge is -2.27. The maximum absolute atomic E-state index is 12.4. The van der Waals surface area contributed by atoms with Crippen LogP contribution in [0.15, 0.2) is 60.7 Å². The molecule has 0 spiro atoms. The molecule has 1 aliphatic heterocycles. The molecule has 0 saturated carbocycles. The summed E-state index contributed by atoms with van der Waals surface area (Å²) in [4.78, 5) is 23.8. The molecule has 1 unspecified atom stereocenters. The fraction of sp³-hybridized carbons (Fsp3) is 0.292. The summed E-state index contributed by atoms with van der Waals surface area (Å²) in [6.45, 7) is 6.60. The van der Waals surface area contributed by atoms with E-state index >= 15 is 0 Å². The highest BCUT2D eigenvalue weighted by Gasteiger charge is 2.16. The molecule has 2 heterocycles. The first-order valence-electron chi connectivity index (χ1n) is 10.6. The van der Waals surface area contributed by atoms with E-state index in [2.05, 4.69) is 25.5 Å². The van der Waals surface area contributed by atoms with Gasteiger partial charge in [-0.15, -0.1) is 0 Å². The Hall–Kier alpha value is -3.65. The average Bonchev–Trinajstić information content (AvgIpc) is 2.81. The number of rotatable bonds is 7. The third-order valence-electron chi connectivity index (χ3n) is 4.99. The van der Waals surface area contributed by atoms with Gasteiger partial charge in [0.2, 0.25) is 5.95 Å². The lowest BCUT2D eigenvalue weighted by Crippen LogP contribution is -2.37. The average molecular weight is 434 g/mol. The number of morpholine rings is 1. The maximum Gasteiger partial charge on any atom is 0.265 e. The SMILES string of the molecule is Cc1cc(Nc2ccc(NC(=O)C(C)Oc3ccccc3)cc2)nc(N2CCOCC2)n1. The van der Waals surface area contributed by atoms with Crippen molar-refractivity contribution in [1.29, 1.82) is 0 Å². The predicted octanol–water partition coefficient (Wildman–Crippen LogP) is 3.77. The quantitative estimate of drug-likeness (QED) is 0.586. The van der Waals surface area contributed by atoms with Gasteiger partial charge in [-0.25, -0.2) is 4.98 Å². The van der Waals surface area contributed by atoms with E-state index < -0.39 is 6.10 Å². The Labute approximate surface area is 187 Å². The molecule has 0 radical (unpaired) electrons. The minimum Gasteiger partial charge on any atom is -0.481 e. The van der Waals surface area contributed by atoms with Crippen molar-refractivity contribution in [3.8, 4) is 5.75 Å². The van der Waals surface area contributed by atoms with E-state index in [9.17, 15) is 4.79 Å². The zero-order valence-electron chi connectivity index (χ0n) is 18.2. The molecule has 4 rings (SSSR count). The molecule has 1 aliphatic rings. The number of nitrogens with zero attached hydrogens (tertiary/aromatic N) is 3. The van der Waals surface area contributed by atoms with Crippen LogP contribution in [-0.4, -0.2) is 48.3 Å². The topological polar surface area (TPSA) is 88.6 Å². The molecule has 8 heteroatoms. The fourth-order valence-corrected chi connectivity index (χ4v) is 3.31. The second-order valence-corrected chi connectivity index (χ2v) is 7.56. The molecule has 1 atom stereocenters. The molecule has 1 fully saturated rings. The van der Waals surface area contributed by atoms with Gasteiger partial charge in [0.25, 0.3) is 5.91 Å². The van der Waals surface area contributed by atoms with Gasteiger partial charge in [-0.05, 0) is 50.2 Å². The molecule has 8 nitrogen and oxygen atoms in total. The number of benzene rings is 2. The third-order valence-corrected chi connectivity index (χ3v) is 4.99. The summed E-state index contributed by atoms with van der Waals surface area (Å²) < 4.78 is 11.1. The lowest BCUT2D eigenvalue weighted by atomic mass is 10.2. The number of para-hydroxylation sites is 1. The van der Waals surface area contributed by atoms with Gasteiger partial charge >= 0.3 is 0 Å². The van der Waals surface area contributed by atoms with Gasteiger partial charge in [0.05, 0.1) is 13.2 Å². The highest BCUT2D eigenvalue weighted by atomic mass is 16.5. The molecule has 1 amide bonds. The van der Waals surface area contributed by atoms with Crippen LogP contribution >= 0.6 is 0 Å². The molecule has 3 aromatic rings. The Morgan fingerprint density at radius 2 is 1.72 bits per heavy atom. The monoisotopic (exact) mass is 433 g/mol. The van der Waals surface area contributed by atoms with Crippen LogP contribution in [-0.2, 0) is 9.53 Å². The first kappa shape index (κ1) is 21.6. The van der Waals surface area contributed by atoms with Gasteiger partial charge in [-0.1, -0.05) is 18.2 Å². The van der Waals surface area contributed by atoms with Crippen molar-refractivity contribution in [2.75, 3.05) is 41.8 Å². The van der Waals surface area contributed by atoms with Crippen molar-refractivity contribution in [3.63, 3.8) is 0 Å². The van der Waals surface area contributed by atoms with E-state index in [0.29, 0.717) is 30.6 Å². The van der Waals surface area contributed by atoms with Gasteiger partial charge in [0.1, 0.15) is 11.6 Å². The molecular formula is C24H27N5O3. The van der Waals surface area contributed by atoms with Crippen LogP contribution in [0.4, 0.5) is 23.1 Å². The molecule has 166 valence electrons. The molecule has 1 saturated heterocycles. The highest BCUT2D eigenvalue weighted by molar-refractivity contribution is 5.94. The van der Waals surface area contributed by atoms with E-state index in [1.807, 2.05) is 67.6 Å². The number of aryl methyl sites for hydroxylation is 1. The zero-order valence-corrected chi connectivity index (χ0v) is 18.2. The summed E-state index contributed by atoms with van der Waals surface area (Å²) in [7, 11) is 0. The van der Waals surface area contributed by atoms with Crippen LogP contribution in [0.2, 0.25) is 0 Å². The number of carbonyl (C=O) groups excluding carboxylic acids is 1. The van der Waals surface area contributed by atoms with Crippen molar-refractivity contribution in [2.24, 2.45) is 0 Å². The number of hydrogen-bond acceptors (Lipinski definition) is 7. The summed E-state index contributed by atoms with van der Waals surface area (Å²) in [5, 5.41) is 6.19. The Morgan fingerprint density at radius 3 is 2.44 bits per heavy atom. The lowest BCUT2D eigenvalue weighted by molar-refractivity contribution is -0.122. The molecule has 1 aromatic heterocycles. The number of ether oxygens (including phenoxy) is 2. The van der Waals surface area contributed by atoms with Crippen molar-refractivity contribution >= 4 is 29.0 Å². The standard InChI is InChI=1S/C24H27N5O3/c1-17-16-22(28-24(25-17)29-12-14-31-15-13-29)26-19-8-10-20(11-9-19)27-23(30)18(2)32-21-6-4-3-5-7-21/h3-11,16,18H,12-15H2,1-2H3,(H,27,30)(H,25,26,28). The largest absolute Gasteiger partial charge is 0.481 e. The molecule has 0 aliphatic carbocycles. The normalized spacial score (nSPS) is 14.5. The second-order valence-electron chi connectivity index (χ2n) is 7.56. The van der Waals surface area contributed by atoms with Crippen molar-refractivity contribution in [3.05, 3.63) is 66.4 Å². The summed E-state index contributed by atoms with van der Waals surface area (Å²) in [6, 6.07) is 18.7. The zero-order chi connectivity index (χ0) is 22.3. The number of aromatic nitrogens is 2. The Bertz CT molecular complexity index is 1040. The minimum absolute atomic E-state index is 0.212. The second kappa shape index (κ2) is 10.1. The van der Waals surface area contributed by atoms with Crippen LogP contribution < -0.4 is 20.3 Å². The van der Waals surface area contributed by atoms with Crippen LogP contribution in [0, 0.1) is 6.92 Å². The van der Waals surface area contributed by atoms with Crippen molar-refractivity contribution in [1.82, 2.24) is 9.97 Å². The molecule has 2 N–H and O–H groups in total. The minimum atomic E-state index is -0.613. The van der Waals surface area contributed by atoms with Gasteiger partial charge in [-0.3, -0.25) is 4.79 Å². The number of carbonyl (C=O) groups is 1. The van der Waals surface area contributed by atoms with Crippen LogP contribution in [0.1, 0.15) is 12.6 Å². The predicted molar refractivity (Wildman–Crippen MR) is 125 cm³/mol. The molecule has 0 bridgehead atoms. The van der Waals surface area contributed by atoms with Gasteiger partial charge < -0.3 is 25.0 Å². The van der Waals surface area contributed by atoms with Crippen LogP contribution in [0.3, 0.4) is 0 Å². The summed E-state index contributed by atoms with van der Waals surface area (Å²) in [6.07, 6.45) is -0.613. The van der Waals surface area contributed by atoms with E-state index in [1.54, 1.807) is 6.92 Å². The van der Waals surface area contributed by atoms with Gasteiger partial charge in [-0.2, -0.15) is 4.98 Å². The number of nitrogens with one attached hydrogen (secondary N) is 2. The Morgan fingerprint density at radius 1 is 1.03 bits per heavy atom. The van der Waals surface area contributed by atoms with E-state index in [1.165, 1.54) is 0 Å². The summed E-state index contributed by atoms with van der Waals surface area (Å²) >= 11 is 0. The van der Waals surface area contributed by atoms with E-state index in [-0.39, 0.29) is 5.91 Å². The number of amides is 1. The Balaban J connectivity index is 1.36. The summed E-state index contributed by atoms with van der Waals surface area (Å²) in [5.74, 6) is 1.87. The van der Waals surface area contributed by atoms with E-state index in [0.717, 1.165) is 30.3 Å². The molecule has 2 aromatic carbocycles. The molecule has 32 heavy (non-hydrogen) atoms. The van der Waals surface area contributed by atoms with E-state index in [4.69, 9.17) is 9.47 Å². The summed E-state index contributed by atoms with van der Waals surface area (Å²) in [5.41, 5.74) is 2.44. The molecular weight excluding hydrogens is 406 g/mol. The van der Waals surface area contributed by atoms with Crippen molar-refractivity contribution in [2.45, 2.75) is 20.0 Å². The smallest absolute Gasteiger partial charge is 0.265 e. The first-order chi connectivity index (χ1) is 15.6. The first-order valence-corrected chi connectivity index (χ1v) is 10.6. The highest BCUT2D eigenvalue weighted by Crippen LogP contribution is 2.21. The van der Waals surface area contributed by atoms with Crippen LogP contribution in [0.5, 0.6) is 5.75 Å². The van der Waals surface area contributed by atoms with Gasteiger partial charge in [0, 0.05) is 36.2 Å². The maximum atomic E-state index is 12.4.